The molecule has 0 radical (unpaired) electrons. The fourth-order valence-electron chi connectivity index (χ4n) is 6.23. The van der Waals surface area contributed by atoms with Crippen molar-refractivity contribution in [2.24, 2.45) is 23.7 Å². The van der Waals surface area contributed by atoms with Crippen LogP contribution in [0, 0.1) is 23.7 Å². The Balaban J connectivity index is 0.000000491. The van der Waals surface area contributed by atoms with Crippen molar-refractivity contribution in [3.8, 4) is 0 Å². The first-order chi connectivity index (χ1) is 21.8. The van der Waals surface area contributed by atoms with Gasteiger partial charge in [0, 0.05) is 11.8 Å². The summed E-state index contributed by atoms with van der Waals surface area (Å²) in [6.07, 6.45) is 15.0. The van der Waals surface area contributed by atoms with Gasteiger partial charge in [-0.25, -0.2) is 0 Å². The standard InChI is InChI=1S/C19H31F3O4S.C18H32O2/c1-6-7-8-17-12-15(4)18(25-17)10-9-13(2)11-14(3)16(5)26-27(23,24)19(20,21)22;1-6-7-8-17-12-15(4)18(20-17)10-9-13(2)11-14(3)16(5)19/h13-14,17-18H,4-12H2,1-3H3;13-14,17-18H,4,6-12H2,1-3,5H3/t2*13?,14-,17+,18?/m11/s1. The lowest BCUT2D eigenvalue weighted by Crippen LogP contribution is -2.26. The van der Waals surface area contributed by atoms with Gasteiger partial charge in [0.1, 0.15) is 11.5 Å². The van der Waals surface area contributed by atoms with E-state index in [1.54, 1.807) is 13.8 Å². The number of Topliss-reactive ketones (excluding diaryl/α,β-unsaturated/α-hetero) is 1. The molecule has 0 bridgehead atoms. The highest BCUT2D eigenvalue weighted by atomic mass is 32.2. The van der Waals surface area contributed by atoms with E-state index in [1.165, 1.54) is 24.8 Å². The van der Waals surface area contributed by atoms with E-state index in [9.17, 15) is 26.4 Å². The van der Waals surface area contributed by atoms with Crippen molar-refractivity contribution in [2.75, 3.05) is 0 Å². The van der Waals surface area contributed by atoms with E-state index >= 15 is 0 Å². The molecule has 2 aliphatic rings. The fraction of sp³-hybridized carbons (Fsp3) is 0.811. The number of ether oxygens (including phenoxy) is 2. The van der Waals surface area contributed by atoms with Gasteiger partial charge in [0.2, 0.25) is 0 Å². The van der Waals surface area contributed by atoms with Crippen LogP contribution in [-0.4, -0.2) is 44.1 Å². The zero-order valence-corrected chi connectivity index (χ0v) is 30.9. The molecule has 0 amide bonds. The van der Waals surface area contributed by atoms with Crippen LogP contribution in [0.2, 0.25) is 0 Å². The van der Waals surface area contributed by atoms with E-state index in [1.807, 2.05) is 13.8 Å². The van der Waals surface area contributed by atoms with Crippen molar-refractivity contribution in [3.63, 3.8) is 0 Å². The third-order valence-electron chi connectivity index (χ3n) is 9.46. The fourth-order valence-corrected chi connectivity index (χ4v) is 6.77. The van der Waals surface area contributed by atoms with Crippen molar-refractivity contribution in [3.05, 3.63) is 36.6 Å². The topological polar surface area (TPSA) is 78.9 Å². The van der Waals surface area contributed by atoms with Gasteiger partial charge in [0.25, 0.3) is 0 Å². The van der Waals surface area contributed by atoms with Crippen LogP contribution in [0.3, 0.4) is 0 Å². The maximum absolute atomic E-state index is 12.4. The molecular weight excluding hydrogens is 629 g/mol. The molecule has 0 saturated carbocycles. The van der Waals surface area contributed by atoms with E-state index < -0.39 is 21.5 Å². The molecule has 10 heteroatoms. The van der Waals surface area contributed by atoms with Crippen LogP contribution in [0.25, 0.3) is 0 Å². The molecule has 0 aromatic carbocycles. The molecule has 4 unspecified atom stereocenters. The summed E-state index contributed by atoms with van der Waals surface area (Å²) in [6.45, 7) is 25.5. The van der Waals surface area contributed by atoms with E-state index in [-0.39, 0.29) is 35.9 Å². The average molecular weight is 693 g/mol. The van der Waals surface area contributed by atoms with E-state index in [0.717, 1.165) is 69.8 Å². The van der Waals surface area contributed by atoms with Gasteiger partial charge < -0.3 is 13.7 Å². The highest BCUT2D eigenvalue weighted by molar-refractivity contribution is 7.87. The first kappa shape index (κ1) is 43.4. The summed E-state index contributed by atoms with van der Waals surface area (Å²) in [6, 6.07) is 0. The summed E-state index contributed by atoms with van der Waals surface area (Å²) in [4.78, 5) is 11.3. The Kier molecular flexibility index (Phi) is 19.2. The summed E-state index contributed by atoms with van der Waals surface area (Å²) >= 11 is 0. The number of hydrogen-bond acceptors (Lipinski definition) is 6. The normalized spacial score (nSPS) is 24.3. The predicted molar refractivity (Wildman–Crippen MR) is 184 cm³/mol. The third-order valence-corrected chi connectivity index (χ3v) is 10.5. The van der Waals surface area contributed by atoms with E-state index in [0.29, 0.717) is 24.2 Å². The second-order valence-electron chi connectivity index (χ2n) is 14.2. The molecule has 2 heterocycles. The molecule has 0 aliphatic carbocycles. The molecule has 47 heavy (non-hydrogen) atoms. The third kappa shape index (κ3) is 16.1. The average Bonchev–Trinajstić information content (AvgIpc) is 3.52. The van der Waals surface area contributed by atoms with Gasteiger partial charge in [-0.15, -0.1) is 0 Å². The lowest BCUT2D eigenvalue weighted by Gasteiger charge is -2.21. The van der Waals surface area contributed by atoms with Crippen LogP contribution in [0.15, 0.2) is 36.6 Å². The molecule has 2 aliphatic heterocycles. The quantitative estimate of drug-likeness (QED) is 0.0547. The lowest BCUT2D eigenvalue weighted by atomic mass is 9.90. The first-order valence-electron chi connectivity index (χ1n) is 17.7. The van der Waals surface area contributed by atoms with E-state index in [2.05, 4.69) is 44.7 Å². The van der Waals surface area contributed by atoms with Crippen LogP contribution in [0.5, 0.6) is 0 Å². The van der Waals surface area contributed by atoms with Crippen molar-refractivity contribution in [1.82, 2.24) is 0 Å². The van der Waals surface area contributed by atoms with Crippen molar-refractivity contribution in [2.45, 2.75) is 168 Å². The zero-order valence-electron chi connectivity index (χ0n) is 30.1. The molecule has 6 nitrogen and oxygen atoms in total. The molecule has 0 N–H and O–H groups in total. The number of ketones is 1. The van der Waals surface area contributed by atoms with Gasteiger partial charge in [-0.2, -0.15) is 21.6 Å². The Bertz CT molecular complexity index is 1100. The second kappa shape index (κ2) is 20.8. The molecule has 2 saturated heterocycles. The smallest absolute Gasteiger partial charge is 0.381 e. The summed E-state index contributed by atoms with van der Waals surface area (Å²) in [5.74, 6) is 0.329. The van der Waals surface area contributed by atoms with Crippen LogP contribution < -0.4 is 0 Å². The van der Waals surface area contributed by atoms with Gasteiger partial charge in [-0.3, -0.25) is 4.79 Å². The highest BCUT2D eigenvalue weighted by Crippen LogP contribution is 2.34. The summed E-state index contributed by atoms with van der Waals surface area (Å²) in [5.41, 5.74) is -3.08. The van der Waals surface area contributed by atoms with Gasteiger partial charge >= 0.3 is 15.6 Å². The predicted octanol–water partition coefficient (Wildman–Crippen LogP) is 10.6. The molecule has 0 spiro atoms. The Morgan fingerprint density at radius 2 is 1.23 bits per heavy atom. The number of carbonyl (C=O) groups is 1. The molecule has 0 aromatic rings. The Morgan fingerprint density at radius 1 is 0.830 bits per heavy atom. The minimum atomic E-state index is -5.66. The molecule has 2 rings (SSSR count). The number of allylic oxidation sites excluding steroid dienone is 1. The van der Waals surface area contributed by atoms with Crippen LogP contribution in [0.4, 0.5) is 13.2 Å². The minimum absolute atomic E-state index is 0.0228. The molecule has 274 valence electrons. The van der Waals surface area contributed by atoms with Crippen molar-refractivity contribution in [1.29, 1.82) is 0 Å². The number of alkyl halides is 3. The number of hydrogen-bond donors (Lipinski definition) is 0. The molecule has 0 aromatic heterocycles. The Labute approximate surface area is 284 Å². The van der Waals surface area contributed by atoms with Crippen LogP contribution in [0.1, 0.15) is 138 Å². The number of unbranched alkanes of at least 4 members (excludes halogenated alkanes) is 2. The van der Waals surface area contributed by atoms with Gasteiger partial charge in [-0.1, -0.05) is 87.0 Å². The number of rotatable bonds is 20. The Morgan fingerprint density at radius 3 is 1.60 bits per heavy atom. The molecule has 2 fully saturated rings. The SMILES string of the molecule is C=C1C[C@H](CCCC)OC1CCC(C)C[C@@H](C)C(=C)OS(=O)(=O)C(F)(F)F.C=C1C[C@H](CCCC)OC1CCC(C)C[C@@H](C)C(C)=O. The first-order valence-corrected chi connectivity index (χ1v) is 19.1. The minimum Gasteiger partial charge on any atom is -0.381 e. The van der Waals surface area contributed by atoms with Crippen LogP contribution >= 0.6 is 0 Å². The maximum Gasteiger partial charge on any atom is 0.534 e. The maximum atomic E-state index is 12.4. The van der Waals surface area contributed by atoms with Crippen LogP contribution in [-0.2, 0) is 28.6 Å². The van der Waals surface area contributed by atoms with Crippen molar-refractivity contribution >= 4 is 15.9 Å². The zero-order chi connectivity index (χ0) is 35.9. The summed E-state index contributed by atoms with van der Waals surface area (Å²) in [7, 11) is -5.66. The lowest BCUT2D eigenvalue weighted by molar-refractivity contribution is -0.120. The number of halogens is 3. The monoisotopic (exact) mass is 692 g/mol. The Hall–Kier alpha value is -1.65. The van der Waals surface area contributed by atoms with Gasteiger partial charge in [0.15, 0.2) is 0 Å². The summed E-state index contributed by atoms with van der Waals surface area (Å²) in [5, 5.41) is 0. The largest absolute Gasteiger partial charge is 0.534 e. The highest BCUT2D eigenvalue weighted by Gasteiger charge is 2.49. The number of carbonyl (C=O) groups excluding carboxylic acids is 1. The summed E-state index contributed by atoms with van der Waals surface area (Å²) < 4.78 is 75.5. The van der Waals surface area contributed by atoms with Gasteiger partial charge in [-0.05, 0) is 94.1 Å². The van der Waals surface area contributed by atoms with Gasteiger partial charge in [0.05, 0.1) is 24.4 Å². The molecule has 8 atom stereocenters. The molecular formula is C37H63F3O6S. The second-order valence-corrected chi connectivity index (χ2v) is 15.7. The van der Waals surface area contributed by atoms with E-state index in [4.69, 9.17) is 9.47 Å². The van der Waals surface area contributed by atoms with Crippen molar-refractivity contribution < 1.29 is 40.0 Å².